The summed E-state index contributed by atoms with van der Waals surface area (Å²) in [4.78, 5) is 28.6. The summed E-state index contributed by atoms with van der Waals surface area (Å²) in [5.74, 6) is -1.97. The molecule has 11 heteroatoms. The molecular weight excluding hydrogens is 616 g/mol. The van der Waals surface area contributed by atoms with Gasteiger partial charge in [0.25, 0.3) is 0 Å². The second kappa shape index (κ2) is 19.1. The fraction of sp³-hybridized carbons (Fsp3) is 0.838. The van der Waals surface area contributed by atoms with Gasteiger partial charge < -0.3 is 44.9 Å². The number of esters is 1. The van der Waals surface area contributed by atoms with E-state index in [4.69, 9.17) is 14.2 Å². The number of ether oxygens (including phenoxy) is 3. The van der Waals surface area contributed by atoms with E-state index >= 15 is 0 Å². The van der Waals surface area contributed by atoms with E-state index in [9.17, 15) is 30.0 Å². The Balaban J connectivity index is 2.00. The van der Waals surface area contributed by atoms with Crippen LogP contribution in [0, 0.1) is 23.7 Å². The Bertz CT molecular complexity index is 1070. The van der Waals surface area contributed by atoms with Crippen LogP contribution in [0.15, 0.2) is 23.8 Å². The molecule has 0 radical (unpaired) electrons. The molecule has 3 unspecified atom stereocenters. The lowest BCUT2D eigenvalue weighted by molar-refractivity contribution is -0.283. The number of nitrogens with one attached hydrogen (secondary N) is 1. The average molecular weight is 681 g/mol. The monoisotopic (exact) mass is 680 g/mol. The zero-order chi connectivity index (χ0) is 35.7. The molecule has 1 aliphatic carbocycles. The van der Waals surface area contributed by atoms with E-state index in [2.05, 4.69) is 5.32 Å². The van der Waals surface area contributed by atoms with E-state index in [1.165, 1.54) is 0 Å². The topological polar surface area (TPSA) is 158 Å². The molecule has 5 N–H and O–H groups in total. The van der Waals surface area contributed by atoms with Crippen LogP contribution in [0.25, 0.3) is 0 Å². The van der Waals surface area contributed by atoms with Crippen LogP contribution in [0.3, 0.4) is 0 Å². The van der Waals surface area contributed by atoms with Crippen molar-refractivity contribution in [3.63, 3.8) is 0 Å². The van der Waals surface area contributed by atoms with E-state index in [1.807, 2.05) is 66.6 Å². The van der Waals surface area contributed by atoms with Crippen molar-refractivity contribution in [1.29, 1.82) is 0 Å². The molecule has 0 aromatic carbocycles. The van der Waals surface area contributed by atoms with Crippen molar-refractivity contribution >= 4 is 11.8 Å². The highest BCUT2D eigenvalue weighted by atomic mass is 16.7. The second-order valence-corrected chi connectivity index (χ2v) is 15.0. The van der Waals surface area contributed by atoms with Crippen molar-refractivity contribution in [2.45, 2.75) is 154 Å². The number of cyclic esters (lactones) is 1. The third-order valence-electron chi connectivity index (χ3n) is 10.7. The lowest BCUT2D eigenvalue weighted by Gasteiger charge is -2.44. The molecule has 3 rings (SSSR count). The van der Waals surface area contributed by atoms with Gasteiger partial charge in [0.2, 0.25) is 0 Å². The molecule has 2 aliphatic heterocycles. The van der Waals surface area contributed by atoms with Crippen LogP contribution in [-0.4, -0.2) is 119 Å². The molecule has 0 spiro atoms. The molecule has 2 heterocycles. The molecule has 0 aromatic rings. The maximum Gasteiger partial charge on any atom is 0.308 e. The first-order valence-electron chi connectivity index (χ1n) is 18.2. The minimum Gasteiger partial charge on any atom is -0.462 e. The number of allylic oxidation sites excluding steroid dienone is 3. The van der Waals surface area contributed by atoms with Gasteiger partial charge in [-0.05, 0) is 91.4 Å². The number of aliphatic hydroxyl groups excluding tert-OH is 4. The number of hydrogen-bond acceptors (Lipinski definition) is 11. The number of rotatable bonds is 8. The number of carbonyl (C=O) groups is 2. The first-order chi connectivity index (χ1) is 22.6. The zero-order valence-corrected chi connectivity index (χ0v) is 30.5. The maximum absolute atomic E-state index is 13.5. The van der Waals surface area contributed by atoms with E-state index in [0.29, 0.717) is 45.1 Å². The molecular formula is C37H64N2O9. The van der Waals surface area contributed by atoms with Gasteiger partial charge in [-0.25, -0.2) is 0 Å². The van der Waals surface area contributed by atoms with E-state index < -0.39 is 66.8 Å². The van der Waals surface area contributed by atoms with Crippen LogP contribution in [0.5, 0.6) is 0 Å². The third kappa shape index (κ3) is 11.4. The summed E-state index contributed by atoms with van der Waals surface area (Å²) in [7, 11) is 3.80. The molecule has 3 aliphatic rings. The number of nitrogens with zero attached hydrogens (tertiary/aromatic N) is 1. The number of ketones is 1. The number of hydrogen-bond donors (Lipinski definition) is 5. The molecule has 11 nitrogen and oxygen atoms in total. The lowest BCUT2D eigenvalue weighted by atomic mass is 9.79. The first-order valence-corrected chi connectivity index (χ1v) is 18.2. The number of carbonyl (C=O) groups excluding carboxylic acids is 2. The smallest absolute Gasteiger partial charge is 0.308 e. The van der Waals surface area contributed by atoms with E-state index in [1.54, 1.807) is 12.2 Å². The van der Waals surface area contributed by atoms with Crippen molar-refractivity contribution in [1.82, 2.24) is 10.2 Å². The summed E-state index contributed by atoms with van der Waals surface area (Å²) in [6.45, 7) is 11.9. The predicted molar refractivity (Wildman–Crippen MR) is 184 cm³/mol. The summed E-state index contributed by atoms with van der Waals surface area (Å²) in [6.07, 6.45) is 3.45. The Morgan fingerprint density at radius 2 is 1.65 bits per heavy atom. The third-order valence-corrected chi connectivity index (χ3v) is 10.7. The van der Waals surface area contributed by atoms with Gasteiger partial charge >= 0.3 is 5.97 Å². The lowest BCUT2D eigenvalue weighted by Crippen LogP contribution is -2.56. The van der Waals surface area contributed by atoms with Gasteiger partial charge in [0, 0.05) is 23.8 Å². The summed E-state index contributed by atoms with van der Waals surface area (Å²) < 4.78 is 18.7. The minimum absolute atomic E-state index is 0.0424. The minimum atomic E-state index is -1.13. The largest absolute Gasteiger partial charge is 0.462 e. The second-order valence-electron chi connectivity index (χ2n) is 15.0. The van der Waals surface area contributed by atoms with Crippen LogP contribution >= 0.6 is 0 Å². The van der Waals surface area contributed by atoms with Crippen LogP contribution in [0.4, 0.5) is 0 Å². The SMILES string of the molecule is CC[C@H]1OC(=O)CC(O)[C@H](C)[C@@H](O[C@@H]2O[C@H](C)C[C@H](N(C)C)[C@H]2O)[C@@H](CCNC2C(O)CCCC2O)C[C@@H](C)C(=O)/C=C/C(C)=C/[C@@H]1C. The van der Waals surface area contributed by atoms with Crippen molar-refractivity contribution < 1.29 is 44.2 Å². The molecule has 276 valence electrons. The normalized spacial score (nSPS) is 43.0. The van der Waals surface area contributed by atoms with Crippen molar-refractivity contribution in [2.75, 3.05) is 20.6 Å². The van der Waals surface area contributed by atoms with E-state index in [0.717, 1.165) is 12.0 Å². The molecule has 1 saturated carbocycles. The number of likely N-dealkylation sites (N-methyl/N-ethyl adjacent to an activating group) is 1. The van der Waals surface area contributed by atoms with Gasteiger partial charge in [-0.1, -0.05) is 45.4 Å². The highest BCUT2D eigenvalue weighted by Crippen LogP contribution is 2.34. The highest BCUT2D eigenvalue weighted by Gasteiger charge is 2.43. The molecule has 0 amide bonds. The Kier molecular flexibility index (Phi) is 16.2. The molecule has 0 aromatic heterocycles. The van der Waals surface area contributed by atoms with Crippen molar-refractivity contribution in [3.05, 3.63) is 23.8 Å². The van der Waals surface area contributed by atoms with Crippen LogP contribution < -0.4 is 5.32 Å². The standard InChI is InChI=1S/C37H64N2O9/c1-9-32-23(4)17-21(2)13-14-28(40)22(3)18-26(15-16-38-34-29(41)11-10-12-30(34)42)36(25(6)31(43)20-33(44)47-32)48-37-35(45)27(39(7)8)19-24(5)46-37/h13-14,17,22-27,29-32,34-38,41-43,45H,9-12,15-16,18-20H2,1-8H3/b14-13+,21-17+/t22-,23+,24-,25+,26+,27+,29?,30?,31?,32-,34?,35-,36-,37+/m1/s1. The molecule has 2 fully saturated rings. The fourth-order valence-corrected chi connectivity index (χ4v) is 7.63. The summed E-state index contributed by atoms with van der Waals surface area (Å²) in [5.41, 5.74) is 0.887. The van der Waals surface area contributed by atoms with Crippen LogP contribution in [-0.2, 0) is 23.8 Å². The van der Waals surface area contributed by atoms with E-state index in [-0.39, 0.29) is 36.2 Å². The zero-order valence-electron chi connectivity index (χ0n) is 30.5. The summed E-state index contributed by atoms with van der Waals surface area (Å²) in [6, 6.07) is -0.692. The predicted octanol–water partition coefficient (Wildman–Crippen LogP) is 3.12. The van der Waals surface area contributed by atoms with Gasteiger partial charge in [-0.2, -0.15) is 0 Å². The molecule has 48 heavy (non-hydrogen) atoms. The first kappa shape index (κ1) is 40.7. The van der Waals surface area contributed by atoms with Gasteiger partial charge in [0.05, 0.1) is 43.0 Å². The van der Waals surface area contributed by atoms with Gasteiger partial charge in [0.15, 0.2) is 12.1 Å². The Hall–Kier alpha value is -1.70. The average Bonchev–Trinajstić information content (AvgIpc) is 3.02. The molecule has 13 atom stereocenters. The van der Waals surface area contributed by atoms with Gasteiger partial charge in [-0.3, -0.25) is 9.59 Å². The van der Waals surface area contributed by atoms with Crippen LogP contribution in [0.2, 0.25) is 0 Å². The fourth-order valence-electron chi connectivity index (χ4n) is 7.63. The molecule has 0 bridgehead atoms. The maximum atomic E-state index is 13.5. The van der Waals surface area contributed by atoms with Gasteiger partial charge in [-0.15, -0.1) is 0 Å². The Morgan fingerprint density at radius 1 is 0.979 bits per heavy atom. The van der Waals surface area contributed by atoms with Crippen molar-refractivity contribution in [3.8, 4) is 0 Å². The summed E-state index contributed by atoms with van der Waals surface area (Å²) in [5, 5.41) is 47.5. The van der Waals surface area contributed by atoms with Crippen molar-refractivity contribution in [2.24, 2.45) is 23.7 Å². The van der Waals surface area contributed by atoms with Gasteiger partial charge in [0.1, 0.15) is 12.2 Å². The number of aliphatic hydroxyl groups is 4. The Labute approximate surface area is 288 Å². The summed E-state index contributed by atoms with van der Waals surface area (Å²) >= 11 is 0. The highest BCUT2D eigenvalue weighted by molar-refractivity contribution is 5.91. The quantitative estimate of drug-likeness (QED) is 0.240. The molecule has 1 saturated heterocycles. The van der Waals surface area contributed by atoms with Crippen LogP contribution in [0.1, 0.15) is 92.9 Å². The Morgan fingerprint density at radius 3 is 2.27 bits per heavy atom.